The minimum absolute atomic E-state index is 0.379. The molecular formula is C13H19FN4O. The molecule has 3 heterocycles. The van der Waals surface area contributed by atoms with Crippen molar-refractivity contribution in [1.82, 2.24) is 14.9 Å². The van der Waals surface area contributed by atoms with Gasteiger partial charge in [-0.05, 0) is 19.3 Å². The number of nitrogens with one attached hydrogen (secondary N) is 1. The van der Waals surface area contributed by atoms with Crippen LogP contribution in [0, 0.1) is 5.82 Å². The van der Waals surface area contributed by atoms with Crippen LogP contribution in [0.3, 0.4) is 0 Å². The molecule has 2 aliphatic rings. The first-order valence-corrected chi connectivity index (χ1v) is 6.87. The van der Waals surface area contributed by atoms with Crippen LogP contribution in [0.4, 0.5) is 10.3 Å². The highest BCUT2D eigenvalue weighted by molar-refractivity contribution is 5.24. The van der Waals surface area contributed by atoms with Crippen molar-refractivity contribution in [3.05, 3.63) is 18.2 Å². The lowest BCUT2D eigenvalue weighted by molar-refractivity contribution is 0.124. The Bertz CT molecular complexity index is 400. The second kappa shape index (κ2) is 5.79. The molecule has 0 aromatic carbocycles. The minimum atomic E-state index is -0.401. The molecule has 1 aromatic rings. The molecule has 0 aliphatic carbocycles. The van der Waals surface area contributed by atoms with Gasteiger partial charge in [-0.3, -0.25) is 4.90 Å². The van der Waals surface area contributed by atoms with E-state index in [1.807, 2.05) is 0 Å². The zero-order valence-electron chi connectivity index (χ0n) is 10.9. The maximum absolute atomic E-state index is 12.7. The Morgan fingerprint density at radius 3 is 2.58 bits per heavy atom. The number of ether oxygens (including phenoxy) is 1. The van der Waals surface area contributed by atoms with Gasteiger partial charge < -0.3 is 10.1 Å². The van der Waals surface area contributed by atoms with E-state index in [4.69, 9.17) is 4.74 Å². The summed E-state index contributed by atoms with van der Waals surface area (Å²) in [5.41, 5.74) is 0. The summed E-state index contributed by atoms with van der Waals surface area (Å²) in [6.07, 6.45) is 5.67. The molecule has 1 atom stereocenters. The number of aromatic nitrogens is 2. The Kier molecular flexibility index (Phi) is 3.89. The summed E-state index contributed by atoms with van der Waals surface area (Å²) in [5.74, 6) is 0.116. The molecule has 1 aromatic heterocycles. The molecule has 5 nitrogen and oxygen atoms in total. The molecule has 2 fully saturated rings. The quantitative estimate of drug-likeness (QED) is 0.893. The average molecular weight is 266 g/mol. The van der Waals surface area contributed by atoms with E-state index in [0.29, 0.717) is 18.0 Å². The van der Waals surface area contributed by atoms with Crippen molar-refractivity contribution in [3.8, 4) is 0 Å². The van der Waals surface area contributed by atoms with Gasteiger partial charge in [0.15, 0.2) is 5.82 Å². The maximum Gasteiger partial charge on any atom is 0.222 e. The summed E-state index contributed by atoms with van der Waals surface area (Å²) >= 11 is 0. The number of hydrogen-bond acceptors (Lipinski definition) is 5. The number of likely N-dealkylation sites (tertiary alicyclic amines) is 1. The molecule has 104 valence electrons. The lowest BCUT2D eigenvalue weighted by Gasteiger charge is -2.35. The van der Waals surface area contributed by atoms with E-state index >= 15 is 0 Å². The van der Waals surface area contributed by atoms with Crippen molar-refractivity contribution in [2.24, 2.45) is 0 Å². The van der Waals surface area contributed by atoms with Crippen molar-refractivity contribution < 1.29 is 9.13 Å². The van der Waals surface area contributed by atoms with Gasteiger partial charge in [0.25, 0.3) is 0 Å². The molecule has 1 N–H and O–H groups in total. The highest BCUT2D eigenvalue weighted by Crippen LogP contribution is 2.20. The summed E-state index contributed by atoms with van der Waals surface area (Å²) in [5, 5.41) is 3.27. The summed E-state index contributed by atoms with van der Waals surface area (Å²) in [7, 11) is 0. The molecule has 2 aliphatic heterocycles. The zero-order chi connectivity index (χ0) is 13.1. The van der Waals surface area contributed by atoms with Gasteiger partial charge in [0.2, 0.25) is 5.95 Å². The van der Waals surface area contributed by atoms with Gasteiger partial charge in [-0.25, -0.2) is 14.4 Å². The van der Waals surface area contributed by atoms with Crippen molar-refractivity contribution in [2.45, 2.75) is 31.3 Å². The topological polar surface area (TPSA) is 50.3 Å². The fourth-order valence-corrected chi connectivity index (χ4v) is 2.79. The predicted octanol–water partition coefficient (Wildman–Crippen LogP) is 1.28. The van der Waals surface area contributed by atoms with Gasteiger partial charge in [-0.15, -0.1) is 0 Å². The average Bonchev–Trinajstić information content (AvgIpc) is 2.96. The van der Waals surface area contributed by atoms with Crippen LogP contribution in [0.25, 0.3) is 0 Å². The minimum Gasteiger partial charge on any atom is -0.380 e. The van der Waals surface area contributed by atoms with E-state index in [9.17, 15) is 4.39 Å². The van der Waals surface area contributed by atoms with Crippen LogP contribution >= 0.6 is 0 Å². The fourth-order valence-electron chi connectivity index (χ4n) is 2.79. The van der Waals surface area contributed by atoms with Crippen molar-refractivity contribution in [2.75, 3.05) is 31.6 Å². The summed E-state index contributed by atoms with van der Waals surface area (Å²) in [6.45, 7) is 3.92. The highest BCUT2D eigenvalue weighted by Gasteiger charge is 2.27. The SMILES string of the molecule is Fc1cnc(NC2CCN([C@H]3CCOC3)CC2)nc1. The Morgan fingerprint density at radius 2 is 1.95 bits per heavy atom. The van der Waals surface area contributed by atoms with E-state index in [1.165, 1.54) is 12.4 Å². The molecule has 0 amide bonds. The summed E-state index contributed by atoms with van der Waals surface area (Å²) < 4.78 is 18.1. The Morgan fingerprint density at radius 1 is 1.21 bits per heavy atom. The van der Waals surface area contributed by atoms with Crippen LogP contribution in [0.5, 0.6) is 0 Å². The van der Waals surface area contributed by atoms with Crippen LogP contribution in [0.1, 0.15) is 19.3 Å². The first-order chi connectivity index (χ1) is 9.31. The second-order valence-electron chi connectivity index (χ2n) is 5.20. The Labute approximate surface area is 112 Å². The number of rotatable bonds is 3. The molecule has 0 spiro atoms. The van der Waals surface area contributed by atoms with Gasteiger partial charge in [0.1, 0.15) is 0 Å². The molecular weight excluding hydrogens is 247 g/mol. The third kappa shape index (κ3) is 3.19. The van der Waals surface area contributed by atoms with E-state index in [0.717, 1.165) is 45.6 Å². The second-order valence-corrected chi connectivity index (χ2v) is 5.20. The monoisotopic (exact) mass is 266 g/mol. The van der Waals surface area contributed by atoms with E-state index in [1.54, 1.807) is 0 Å². The van der Waals surface area contributed by atoms with Crippen molar-refractivity contribution in [1.29, 1.82) is 0 Å². The van der Waals surface area contributed by atoms with E-state index in [-0.39, 0.29) is 0 Å². The van der Waals surface area contributed by atoms with Gasteiger partial charge in [0.05, 0.1) is 19.0 Å². The van der Waals surface area contributed by atoms with Crippen LogP contribution in [0.15, 0.2) is 12.4 Å². The zero-order valence-corrected chi connectivity index (χ0v) is 10.9. The number of nitrogens with zero attached hydrogens (tertiary/aromatic N) is 3. The summed E-state index contributed by atoms with van der Waals surface area (Å²) in [6, 6.07) is 0.979. The molecule has 6 heteroatoms. The van der Waals surface area contributed by atoms with E-state index < -0.39 is 5.82 Å². The number of hydrogen-bond donors (Lipinski definition) is 1. The molecule has 0 saturated carbocycles. The predicted molar refractivity (Wildman–Crippen MR) is 69.4 cm³/mol. The molecule has 0 bridgehead atoms. The maximum atomic E-state index is 12.7. The van der Waals surface area contributed by atoms with Crippen molar-refractivity contribution in [3.63, 3.8) is 0 Å². The smallest absolute Gasteiger partial charge is 0.222 e. The standard InChI is InChI=1S/C13H19FN4O/c14-10-7-15-13(16-8-10)17-11-1-4-18(5-2-11)12-3-6-19-9-12/h7-8,11-12H,1-6,9H2,(H,15,16,17)/t12-/m0/s1. The third-order valence-electron chi connectivity index (χ3n) is 3.91. The first kappa shape index (κ1) is 12.7. The molecule has 19 heavy (non-hydrogen) atoms. The van der Waals surface area contributed by atoms with Crippen LogP contribution < -0.4 is 5.32 Å². The largest absolute Gasteiger partial charge is 0.380 e. The summed E-state index contributed by atoms with van der Waals surface area (Å²) in [4.78, 5) is 10.4. The van der Waals surface area contributed by atoms with Crippen LogP contribution in [-0.4, -0.2) is 53.3 Å². The molecule has 0 unspecified atom stereocenters. The fraction of sp³-hybridized carbons (Fsp3) is 0.692. The molecule has 2 saturated heterocycles. The van der Waals surface area contributed by atoms with Gasteiger partial charge in [-0.2, -0.15) is 0 Å². The molecule has 0 radical (unpaired) electrons. The Hall–Kier alpha value is -1.27. The lowest BCUT2D eigenvalue weighted by atomic mass is 10.0. The number of piperidine rings is 1. The van der Waals surface area contributed by atoms with Gasteiger partial charge >= 0.3 is 0 Å². The van der Waals surface area contributed by atoms with Crippen LogP contribution in [-0.2, 0) is 4.74 Å². The number of anilines is 1. The number of halogens is 1. The van der Waals surface area contributed by atoms with Crippen molar-refractivity contribution >= 4 is 5.95 Å². The highest BCUT2D eigenvalue weighted by atomic mass is 19.1. The lowest BCUT2D eigenvalue weighted by Crippen LogP contribution is -2.45. The molecule has 3 rings (SSSR count). The van der Waals surface area contributed by atoms with E-state index in [2.05, 4.69) is 20.2 Å². The van der Waals surface area contributed by atoms with Crippen LogP contribution in [0.2, 0.25) is 0 Å². The third-order valence-corrected chi connectivity index (χ3v) is 3.91. The Balaban J connectivity index is 1.48. The first-order valence-electron chi connectivity index (χ1n) is 6.87. The van der Waals surface area contributed by atoms with Gasteiger partial charge in [-0.1, -0.05) is 0 Å². The van der Waals surface area contributed by atoms with Gasteiger partial charge in [0, 0.05) is 31.8 Å². The normalized spacial score (nSPS) is 25.6.